The minimum atomic E-state index is -0.501. The number of carbonyl (C=O) groups excluding carboxylic acids is 3. The fourth-order valence-corrected chi connectivity index (χ4v) is 6.80. The molecule has 3 amide bonds. The van der Waals surface area contributed by atoms with Gasteiger partial charge in [-0.3, -0.25) is 14.5 Å². The summed E-state index contributed by atoms with van der Waals surface area (Å²) in [5.41, 5.74) is 2.29. The molecule has 2 aromatic rings. The van der Waals surface area contributed by atoms with E-state index in [0.717, 1.165) is 74.1 Å². The van der Waals surface area contributed by atoms with E-state index in [1.54, 1.807) is 0 Å². The number of unbranched alkanes of at least 4 members (excludes halogenated alkanes) is 2. The third-order valence-corrected chi connectivity index (χ3v) is 8.73. The van der Waals surface area contributed by atoms with Gasteiger partial charge in [-0.2, -0.15) is 0 Å². The normalized spacial score (nSPS) is 21.6. The lowest BCUT2D eigenvalue weighted by molar-refractivity contribution is -0.121. The highest BCUT2D eigenvalue weighted by Gasteiger charge is 2.42. The Hall–Kier alpha value is -3.59. The van der Waals surface area contributed by atoms with Crippen molar-refractivity contribution in [1.82, 2.24) is 15.5 Å². The molecule has 0 spiro atoms. The molecule has 3 aliphatic heterocycles. The SMILES string of the molecule is CC(C)(C)OC(=O)NCCCCCNC(=O)c1ccccc1[C@@H]1C[C@H]2CC[C@@H](C1)N2CCN1C(=O)COc2ccccc21. The molecule has 9 nitrogen and oxygen atoms in total. The van der Waals surface area contributed by atoms with Crippen LogP contribution in [0.4, 0.5) is 10.5 Å². The summed E-state index contributed by atoms with van der Waals surface area (Å²) >= 11 is 0. The van der Waals surface area contributed by atoms with Crippen LogP contribution in [-0.2, 0) is 9.53 Å². The van der Waals surface area contributed by atoms with E-state index in [9.17, 15) is 14.4 Å². The van der Waals surface area contributed by atoms with Gasteiger partial charge in [0, 0.05) is 43.8 Å². The second-order valence-corrected chi connectivity index (χ2v) is 12.9. The van der Waals surface area contributed by atoms with Crippen molar-refractivity contribution in [3.05, 3.63) is 59.7 Å². The molecule has 232 valence electrons. The topological polar surface area (TPSA) is 100 Å². The van der Waals surface area contributed by atoms with Crippen LogP contribution in [0, 0.1) is 0 Å². The van der Waals surface area contributed by atoms with E-state index >= 15 is 0 Å². The number of nitrogens with one attached hydrogen (secondary N) is 2. The van der Waals surface area contributed by atoms with Gasteiger partial charge in [-0.1, -0.05) is 30.3 Å². The monoisotopic (exact) mass is 590 g/mol. The van der Waals surface area contributed by atoms with E-state index in [2.05, 4.69) is 21.6 Å². The first kappa shape index (κ1) is 30.9. The van der Waals surface area contributed by atoms with Crippen LogP contribution in [-0.4, -0.2) is 73.3 Å². The second kappa shape index (κ2) is 13.8. The molecule has 2 bridgehead atoms. The summed E-state index contributed by atoms with van der Waals surface area (Å²) in [7, 11) is 0. The highest BCUT2D eigenvalue weighted by molar-refractivity contribution is 5.98. The molecule has 0 radical (unpaired) electrons. The number of rotatable bonds is 11. The first-order valence-electron chi connectivity index (χ1n) is 15.8. The average Bonchev–Trinajstić information content (AvgIpc) is 3.21. The van der Waals surface area contributed by atoms with Crippen LogP contribution in [0.25, 0.3) is 0 Å². The lowest BCUT2D eigenvalue weighted by atomic mass is 9.82. The number of amides is 3. The summed E-state index contributed by atoms with van der Waals surface area (Å²) in [5, 5.41) is 5.90. The molecule has 2 N–H and O–H groups in total. The fourth-order valence-electron chi connectivity index (χ4n) is 6.80. The number of hydrogen-bond donors (Lipinski definition) is 2. The van der Waals surface area contributed by atoms with Gasteiger partial charge in [0.25, 0.3) is 11.8 Å². The van der Waals surface area contributed by atoms with Crippen LogP contribution in [0.2, 0.25) is 0 Å². The predicted octanol–water partition coefficient (Wildman–Crippen LogP) is 5.25. The Morgan fingerprint density at radius 2 is 1.58 bits per heavy atom. The Bertz CT molecular complexity index is 1280. The molecule has 2 saturated heterocycles. The van der Waals surface area contributed by atoms with Crippen molar-refractivity contribution in [2.75, 3.05) is 37.7 Å². The highest BCUT2D eigenvalue weighted by atomic mass is 16.6. The molecule has 2 aromatic carbocycles. The zero-order chi connectivity index (χ0) is 30.4. The molecule has 2 fully saturated rings. The van der Waals surface area contributed by atoms with E-state index in [1.807, 2.05) is 68.1 Å². The van der Waals surface area contributed by atoms with Gasteiger partial charge in [-0.15, -0.1) is 0 Å². The Labute approximate surface area is 255 Å². The van der Waals surface area contributed by atoms with E-state index in [4.69, 9.17) is 9.47 Å². The van der Waals surface area contributed by atoms with Crippen molar-refractivity contribution in [2.24, 2.45) is 0 Å². The molecule has 3 heterocycles. The number of fused-ring (bicyclic) bond motifs is 3. The van der Waals surface area contributed by atoms with Gasteiger partial charge in [0.2, 0.25) is 0 Å². The van der Waals surface area contributed by atoms with Crippen molar-refractivity contribution in [1.29, 1.82) is 0 Å². The van der Waals surface area contributed by atoms with E-state index in [0.29, 0.717) is 37.6 Å². The number of benzene rings is 2. The Balaban J connectivity index is 1.09. The number of carbonyl (C=O) groups is 3. The number of ether oxygens (including phenoxy) is 2. The zero-order valence-corrected chi connectivity index (χ0v) is 25.8. The molecule has 3 atom stereocenters. The molecule has 0 unspecified atom stereocenters. The molecule has 0 aliphatic carbocycles. The molecular formula is C34H46N4O5. The van der Waals surface area contributed by atoms with E-state index in [1.165, 1.54) is 0 Å². The van der Waals surface area contributed by atoms with Crippen LogP contribution in [0.1, 0.15) is 87.6 Å². The van der Waals surface area contributed by atoms with E-state index in [-0.39, 0.29) is 18.4 Å². The van der Waals surface area contributed by atoms with E-state index < -0.39 is 11.7 Å². The van der Waals surface area contributed by atoms with Gasteiger partial charge in [0.15, 0.2) is 6.61 Å². The van der Waals surface area contributed by atoms with Crippen molar-refractivity contribution in [3.8, 4) is 5.75 Å². The Morgan fingerprint density at radius 1 is 0.907 bits per heavy atom. The maximum atomic E-state index is 13.2. The third kappa shape index (κ3) is 7.88. The summed E-state index contributed by atoms with van der Waals surface area (Å²) < 4.78 is 10.9. The molecule has 0 aromatic heterocycles. The van der Waals surface area contributed by atoms with Crippen LogP contribution in [0.5, 0.6) is 5.75 Å². The first-order valence-corrected chi connectivity index (χ1v) is 15.8. The summed E-state index contributed by atoms with van der Waals surface area (Å²) in [6.45, 7) is 8.30. The van der Waals surface area contributed by atoms with Gasteiger partial charge in [0.05, 0.1) is 5.69 Å². The standard InChI is InChI=1S/C34H46N4O5/c1-34(2,3)43-33(41)36-18-10-4-9-17-35-32(40)28-12-6-5-11-27(28)24-21-25-15-16-26(22-24)37(25)19-20-38-29-13-7-8-14-30(29)42-23-31(38)39/h5-8,11-14,24-26H,4,9-10,15-23H2,1-3H3,(H,35,40)(H,36,41)/t24-,25-,26+. The summed E-state index contributed by atoms with van der Waals surface area (Å²) in [6.07, 6.45) is 6.56. The average molecular weight is 591 g/mol. The Kier molecular flexibility index (Phi) is 9.90. The smallest absolute Gasteiger partial charge is 0.407 e. The highest BCUT2D eigenvalue weighted by Crippen LogP contribution is 2.44. The molecule has 43 heavy (non-hydrogen) atoms. The summed E-state index contributed by atoms with van der Waals surface area (Å²) in [5.74, 6) is 1.12. The zero-order valence-electron chi connectivity index (χ0n) is 25.8. The van der Waals surface area contributed by atoms with Crippen LogP contribution < -0.4 is 20.3 Å². The van der Waals surface area contributed by atoms with Crippen molar-refractivity contribution in [2.45, 2.75) is 89.3 Å². The minimum Gasteiger partial charge on any atom is -0.482 e. The molecule has 3 aliphatic rings. The number of piperidine rings is 1. The Morgan fingerprint density at radius 3 is 2.33 bits per heavy atom. The number of nitrogens with zero attached hydrogens (tertiary/aromatic N) is 2. The van der Waals surface area contributed by atoms with Gasteiger partial charge in [0.1, 0.15) is 11.4 Å². The maximum absolute atomic E-state index is 13.2. The quantitative estimate of drug-likeness (QED) is 0.347. The largest absolute Gasteiger partial charge is 0.482 e. The lowest BCUT2D eigenvalue weighted by Crippen LogP contribution is -2.48. The van der Waals surface area contributed by atoms with Crippen LogP contribution in [0.3, 0.4) is 0 Å². The van der Waals surface area contributed by atoms with Crippen molar-refractivity contribution in [3.63, 3.8) is 0 Å². The number of anilines is 1. The van der Waals surface area contributed by atoms with Crippen LogP contribution >= 0.6 is 0 Å². The predicted molar refractivity (Wildman–Crippen MR) is 167 cm³/mol. The number of hydrogen-bond acceptors (Lipinski definition) is 6. The van der Waals surface area contributed by atoms with Gasteiger partial charge in [-0.25, -0.2) is 4.79 Å². The lowest BCUT2D eigenvalue weighted by Gasteiger charge is -2.41. The van der Waals surface area contributed by atoms with Gasteiger partial charge in [-0.05, 0) is 95.4 Å². The number of alkyl carbamates (subject to hydrolysis) is 1. The third-order valence-electron chi connectivity index (χ3n) is 8.73. The first-order chi connectivity index (χ1) is 20.7. The number of para-hydroxylation sites is 2. The molecule has 5 rings (SSSR count). The minimum absolute atomic E-state index is 0.0123. The molecule has 9 heteroatoms. The molecule has 0 saturated carbocycles. The van der Waals surface area contributed by atoms with Crippen molar-refractivity contribution < 1.29 is 23.9 Å². The molecular weight excluding hydrogens is 544 g/mol. The second-order valence-electron chi connectivity index (χ2n) is 12.9. The maximum Gasteiger partial charge on any atom is 0.407 e. The van der Waals surface area contributed by atoms with Gasteiger partial charge >= 0.3 is 6.09 Å². The van der Waals surface area contributed by atoms with Crippen molar-refractivity contribution >= 4 is 23.6 Å². The fraction of sp³-hybridized carbons (Fsp3) is 0.559. The summed E-state index contributed by atoms with van der Waals surface area (Å²) in [4.78, 5) is 42.1. The van der Waals surface area contributed by atoms with Crippen LogP contribution in [0.15, 0.2) is 48.5 Å². The summed E-state index contributed by atoms with van der Waals surface area (Å²) in [6, 6.07) is 16.7. The van der Waals surface area contributed by atoms with Gasteiger partial charge < -0.3 is 25.0 Å².